The van der Waals surface area contributed by atoms with Crippen molar-refractivity contribution in [1.82, 2.24) is 9.72 Å². The first-order valence-corrected chi connectivity index (χ1v) is 7.65. The summed E-state index contributed by atoms with van der Waals surface area (Å²) in [4.78, 5) is 23.9. The number of carbonyl (C=O) groups is 1. The minimum atomic E-state index is -0.287. The van der Waals surface area contributed by atoms with Crippen molar-refractivity contribution in [2.75, 3.05) is 6.54 Å². The lowest BCUT2D eigenvalue weighted by molar-refractivity contribution is -0.678. The quantitative estimate of drug-likeness (QED) is 0.706. The van der Waals surface area contributed by atoms with Gasteiger partial charge in [-0.3, -0.25) is 4.79 Å². The Hall–Kier alpha value is -3.15. The Kier molecular flexibility index (Phi) is 4.29. The molecule has 0 saturated carbocycles. The smallest absolute Gasteiger partial charge is 0.354 e. The molecule has 1 aromatic carbocycles. The van der Waals surface area contributed by atoms with Gasteiger partial charge in [0.05, 0.1) is 12.7 Å². The van der Waals surface area contributed by atoms with E-state index in [2.05, 4.69) is 5.32 Å². The van der Waals surface area contributed by atoms with Crippen LogP contribution in [0.1, 0.15) is 6.92 Å². The van der Waals surface area contributed by atoms with Gasteiger partial charge >= 0.3 is 5.56 Å². The number of carbonyl (C=O) groups excluding carboxylic acids is 1. The van der Waals surface area contributed by atoms with Crippen molar-refractivity contribution in [2.24, 2.45) is 0 Å². The van der Waals surface area contributed by atoms with Gasteiger partial charge in [-0.2, -0.15) is 8.97 Å². The largest absolute Gasteiger partial charge is 0.477 e. The van der Waals surface area contributed by atoms with Crippen molar-refractivity contribution in [1.29, 1.82) is 0 Å². The first-order valence-electron chi connectivity index (χ1n) is 7.65. The second-order valence-corrected chi connectivity index (χ2v) is 5.43. The second kappa shape index (κ2) is 6.54. The van der Waals surface area contributed by atoms with Crippen LogP contribution in [-0.2, 0) is 11.3 Å². The molecule has 0 radical (unpaired) electrons. The molecule has 3 rings (SSSR count). The molecule has 1 amide bonds. The monoisotopic (exact) mass is 324 g/mol. The summed E-state index contributed by atoms with van der Waals surface area (Å²) < 4.78 is 3.12. The Morgan fingerprint density at radius 1 is 1.17 bits per heavy atom. The summed E-state index contributed by atoms with van der Waals surface area (Å²) in [5.74, 6) is -0.251. The summed E-state index contributed by atoms with van der Waals surface area (Å²) in [6, 6.07) is 14.4. The molecular formula is C18H18N3O3+. The predicted molar refractivity (Wildman–Crippen MR) is 89.6 cm³/mol. The molecule has 0 spiro atoms. The van der Waals surface area contributed by atoms with Gasteiger partial charge in [-0.25, -0.2) is 4.79 Å². The Morgan fingerprint density at radius 3 is 2.58 bits per heavy atom. The van der Waals surface area contributed by atoms with Gasteiger partial charge in [0.2, 0.25) is 5.91 Å². The highest BCUT2D eigenvalue weighted by Crippen LogP contribution is 2.22. The highest BCUT2D eigenvalue weighted by molar-refractivity contribution is 5.72. The number of fused-ring (bicyclic) bond motifs is 1. The summed E-state index contributed by atoms with van der Waals surface area (Å²) in [5.41, 5.74) is 1.16. The van der Waals surface area contributed by atoms with Crippen LogP contribution in [0.2, 0.25) is 0 Å². The van der Waals surface area contributed by atoms with E-state index in [1.807, 2.05) is 18.2 Å². The third kappa shape index (κ3) is 2.86. The molecule has 0 aliphatic carbocycles. The number of aromatic hydroxyl groups is 1. The van der Waals surface area contributed by atoms with E-state index in [1.54, 1.807) is 41.1 Å². The number of nitrogens with one attached hydrogen (secondary N) is 1. The van der Waals surface area contributed by atoms with Crippen molar-refractivity contribution >= 4 is 11.6 Å². The average Bonchev–Trinajstić information content (AvgIpc) is 2.59. The van der Waals surface area contributed by atoms with Gasteiger partial charge in [0, 0.05) is 13.0 Å². The normalized spacial score (nSPS) is 10.7. The molecule has 24 heavy (non-hydrogen) atoms. The number of hydrogen-bond donors (Lipinski definition) is 2. The Balaban J connectivity index is 2.22. The standard InChI is InChI=1S/C18H17N3O3/c1-13(22)19-10-12-21-15-9-5-6-11-20(15)17(23)16(18(21)24)14-7-3-2-4-8-14/h2-9,11H,10,12H2,1H3,(H-,19,22,23,24)/p+1. The summed E-state index contributed by atoms with van der Waals surface area (Å²) in [5, 5.41) is 13.4. The Morgan fingerprint density at radius 2 is 1.88 bits per heavy atom. The molecule has 0 bridgehead atoms. The maximum atomic E-state index is 12.8. The first kappa shape index (κ1) is 15.7. The van der Waals surface area contributed by atoms with Gasteiger partial charge < -0.3 is 10.4 Å². The van der Waals surface area contributed by atoms with E-state index in [1.165, 1.54) is 11.3 Å². The lowest BCUT2D eigenvalue weighted by Crippen LogP contribution is -2.44. The molecule has 2 aromatic heterocycles. The minimum Gasteiger partial charge on any atom is -0.477 e. The van der Waals surface area contributed by atoms with Crippen LogP contribution >= 0.6 is 0 Å². The van der Waals surface area contributed by atoms with Gasteiger partial charge in [-0.15, -0.1) is 0 Å². The number of pyridine rings is 1. The van der Waals surface area contributed by atoms with Gasteiger partial charge in [0.15, 0.2) is 5.56 Å². The molecule has 2 heterocycles. The van der Waals surface area contributed by atoms with Crippen molar-refractivity contribution in [3.63, 3.8) is 0 Å². The number of aromatic nitrogens is 2. The van der Waals surface area contributed by atoms with E-state index in [0.29, 0.717) is 24.3 Å². The van der Waals surface area contributed by atoms with Crippen LogP contribution < -0.4 is 15.4 Å². The highest BCUT2D eigenvalue weighted by atomic mass is 16.3. The molecule has 0 aliphatic heterocycles. The molecular weight excluding hydrogens is 306 g/mol. The summed E-state index contributed by atoms with van der Waals surface area (Å²) in [6.07, 6.45) is 1.67. The topological polar surface area (TPSA) is 74.7 Å². The van der Waals surface area contributed by atoms with E-state index in [9.17, 15) is 14.7 Å². The van der Waals surface area contributed by atoms with Gasteiger partial charge in [0.1, 0.15) is 6.54 Å². The van der Waals surface area contributed by atoms with Crippen molar-refractivity contribution < 1.29 is 14.5 Å². The fourth-order valence-electron chi connectivity index (χ4n) is 2.71. The molecule has 2 N–H and O–H groups in total. The summed E-state index contributed by atoms with van der Waals surface area (Å²) >= 11 is 0. The van der Waals surface area contributed by atoms with E-state index < -0.39 is 0 Å². The molecule has 6 heteroatoms. The van der Waals surface area contributed by atoms with Gasteiger partial charge in [-0.1, -0.05) is 36.4 Å². The van der Waals surface area contributed by atoms with E-state index >= 15 is 0 Å². The van der Waals surface area contributed by atoms with Crippen LogP contribution in [0.25, 0.3) is 16.8 Å². The van der Waals surface area contributed by atoms with Crippen molar-refractivity contribution in [3.8, 4) is 17.0 Å². The zero-order valence-electron chi connectivity index (χ0n) is 13.3. The van der Waals surface area contributed by atoms with E-state index in [0.717, 1.165) is 0 Å². The van der Waals surface area contributed by atoms with Gasteiger partial charge in [0.25, 0.3) is 11.5 Å². The number of benzene rings is 1. The Bertz CT molecular complexity index is 949. The molecule has 6 nitrogen and oxygen atoms in total. The highest BCUT2D eigenvalue weighted by Gasteiger charge is 2.24. The first-order chi connectivity index (χ1) is 11.6. The molecule has 0 unspecified atom stereocenters. The lowest BCUT2D eigenvalue weighted by atomic mass is 10.1. The van der Waals surface area contributed by atoms with Crippen LogP contribution in [0.15, 0.2) is 59.5 Å². The molecule has 0 atom stereocenters. The van der Waals surface area contributed by atoms with Crippen LogP contribution in [0.4, 0.5) is 0 Å². The number of amides is 1. The SMILES string of the molecule is CC(=O)NCC[n+]1c(O)c(-c2ccccc2)c(=O)n2ccccc21. The minimum absolute atomic E-state index is 0.109. The zero-order valence-corrected chi connectivity index (χ0v) is 13.3. The number of nitrogens with zero attached hydrogens (tertiary/aromatic N) is 2. The summed E-state index contributed by atoms with van der Waals surface area (Å²) in [7, 11) is 0. The van der Waals surface area contributed by atoms with Crippen molar-refractivity contribution in [2.45, 2.75) is 13.5 Å². The third-order valence-electron chi connectivity index (χ3n) is 3.80. The van der Waals surface area contributed by atoms with Crippen LogP contribution in [0, 0.1) is 0 Å². The van der Waals surface area contributed by atoms with E-state index in [-0.39, 0.29) is 22.9 Å². The fraction of sp³-hybridized carbons (Fsp3) is 0.167. The molecule has 0 fully saturated rings. The predicted octanol–water partition coefficient (Wildman–Crippen LogP) is 1.10. The third-order valence-corrected chi connectivity index (χ3v) is 3.80. The lowest BCUT2D eigenvalue weighted by Gasteiger charge is -2.10. The zero-order chi connectivity index (χ0) is 17.1. The fourth-order valence-corrected chi connectivity index (χ4v) is 2.71. The van der Waals surface area contributed by atoms with Crippen LogP contribution in [0.5, 0.6) is 5.88 Å². The van der Waals surface area contributed by atoms with Gasteiger partial charge in [-0.05, 0) is 11.6 Å². The van der Waals surface area contributed by atoms with E-state index in [4.69, 9.17) is 0 Å². The molecule has 122 valence electrons. The molecule has 0 aliphatic rings. The maximum Gasteiger partial charge on any atom is 0.354 e. The molecule has 0 saturated heterocycles. The summed E-state index contributed by atoms with van der Waals surface area (Å²) in [6.45, 7) is 2.14. The second-order valence-electron chi connectivity index (χ2n) is 5.43. The van der Waals surface area contributed by atoms with Crippen LogP contribution in [0.3, 0.4) is 0 Å². The number of rotatable bonds is 4. The van der Waals surface area contributed by atoms with Crippen LogP contribution in [-0.4, -0.2) is 22.0 Å². The maximum absolute atomic E-state index is 12.8. The van der Waals surface area contributed by atoms with Crippen molar-refractivity contribution in [3.05, 3.63) is 65.1 Å². The molecule has 3 aromatic rings. The number of hydrogen-bond acceptors (Lipinski definition) is 3. The Labute approximate surface area is 138 Å². The average molecular weight is 324 g/mol.